The van der Waals surface area contributed by atoms with Gasteiger partial charge < -0.3 is 15.0 Å². The second kappa shape index (κ2) is 7.05. The van der Waals surface area contributed by atoms with Crippen LogP contribution in [0.5, 0.6) is 5.75 Å². The van der Waals surface area contributed by atoms with Crippen molar-refractivity contribution in [1.29, 1.82) is 0 Å². The molecule has 0 amide bonds. The van der Waals surface area contributed by atoms with E-state index < -0.39 is 0 Å². The molecule has 5 aromatic heterocycles. The third-order valence-corrected chi connectivity index (χ3v) is 5.76. The lowest BCUT2D eigenvalue weighted by molar-refractivity contribution is 0.473. The zero-order valence-electron chi connectivity index (χ0n) is 16.7. The van der Waals surface area contributed by atoms with E-state index >= 15 is 0 Å². The number of nitrogens with one attached hydrogen (secondary N) is 2. The molecule has 1 aliphatic rings. The number of nitrogens with zero attached hydrogens (tertiary/aromatic N) is 6. The topological polar surface area (TPSA) is 120 Å². The molecule has 0 aliphatic carbocycles. The number of pyridine rings is 3. The van der Waals surface area contributed by atoms with E-state index in [1.54, 1.807) is 24.7 Å². The predicted octanol–water partition coefficient (Wildman–Crippen LogP) is 3.65. The fourth-order valence-corrected chi connectivity index (χ4v) is 4.22. The smallest absolute Gasteiger partial charge is 0.159 e. The Morgan fingerprint density at radius 1 is 0.903 bits per heavy atom. The zero-order chi connectivity index (χ0) is 20.8. The normalized spacial score (nSPS) is 14.5. The van der Waals surface area contributed by atoms with Crippen molar-refractivity contribution in [3.63, 3.8) is 0 Å². The molecule has 6 heterocycles. The van der Waals surface area contributed by atoms with Crippen LogP contribution in [0.1, 0.15) is 19.3 Å². The lowest BCUT2D eigenvalue weighted by Crippen LogP contribution is -2.29. The Labute approximate surface area is 177 Å². The van der Waals surface area contributed by atoms with Gasteiger partial charge in [-0.05, 0) is 31.4 Å². The molecule has 6 rings (SSSR count). The molecular weight excluding hydrogens is 392 g/mol. The van der Waals surface area contributed by atoms with Gasteiger partial charge in [0.05, 0.1) is 47.2 Å². The molecule has 0 aromatic carbocycles. The largest absolute Gasteiger partial charge is 0.506 e. The summed E-state index contributed by atoms with van der Waals surface area (Å²) in [6, 6.07) is 3.57. The van der Waals surface area contributed by atoms with Gasteiger partial charge >= 0.3 is 0 Å². The molecule has 1 fully saturated rings. The SMILES string of the molecule is Oc1cncc(-c2cc3c(-c4nc5c(N6CCCCC6)cncc5[nH]4)n[nH]c3cn2)c1. The molecule has 31 heavy (non-hydrogen) atoms. The van der Waals surface area contributed by atoms with Crippen LogP contribution in [0, 0.1) is 0 Å². The van der Waals surface area contributed by atoms with Gasteiger partial charge in [-0.1, -0.05) is 0 Å². The molecule has 3 N–H and O–H groups in total. The van der Waals surface area contributed by atoms with Gasteiger partial charge in [-0.3, -0.25) is 20.1 Å². The summed E-state index contributed by atoms with van der Waals surface area (Å²) in [4.78, 5) is 23.6. The summed E-state index contributed by atoms with van der Waals surface area (Å²) in [6.07, 6.45) is 12.2. The Morgan fingerprint density at radius 3 is 2.65 bits per heavy atom. The first-order valence-corrected chi connectivity index (χ1v) is 10.3. The molecule has 9 nitrogen and oxygen atoms in total. The van der Waals surface area contributed by atoms with Gasteiger partial charge in [0.2, 0.25) is 0 Å². The van der Waals surface area contributed by atoms with Gasteiger partial charge in [0.15, 0.2) is 5.82 Å². The number of rotatable bonds is 3. The van der Waals surface area contributed by atoms with Crippen LogP contribution in [0.3, 0.4) is 0 Å². The predicted molar refractivity (Wildman–Crippen MR) is 118 cm³/mol. The minimum Gasteiger partial charge on any atom is -0.506 e. The number of fused-ring (bicyclic) bond motifs is 2. The number of imidazole rings is 1. The molecule has 0 radical (unpaired) electrons. The van der Waals surface area contributed by atoms with E-state index in [2.05, 4.69) is 35.0 Å². The summed E-state index contributed by atoms with van der Waals surface area (Å²) in [5, 5.41) is 18.2. The van der Waals surface area contributed by atoms with E-state index in [0.717, 1.165) is 46.3 Å². The summed E-state index contributed by atoms with van der Waals surface area (Å²) in [7, 11) is 0. The van der Waals surface area contributed by atoms with Crippen LogP contribution in [-0.2, 0) is 0 Å². The van der Waals surface area contributed by atoms with Crippen molar-refractivity contribution < 1.29 is 5.11 Å². The lowest BCUT2D eigenvalue weighted by Gasteiger charge is -2.28. The van der Waals surface area contributed by atoms with Gasteiger partial charge in [0.1, 0.15) is 17.0 Å². The van der Waals surface area contributed by atoms with Crippen LogP contribution < -0.4 is 4.90 Å². The van der Waals surface area contributed by atoms with E-state index in [0.29, 0.717) is 17.2 Å². The third kappa shape index (κ3) is 3.05. The van der Waals surface area contributed by atoms with E-state index in [-0.39, 0.29) is 5.75 Å². The maximum absolute atomic E-state index is 9.76. The highest BCUT2D eigenvalue weighted by Gasteiger charge is 2.19. The standard InChI is InChI=1S/C22H20N8O/c31-14-6-13(8-23-9-14)16-7-15-17(11-25-16)28-29-20(15)22-26-18-10-24-12-19(21(18)27-22)30-4-2-1-3-5-30/h6-12,31H,1-5H2,(H,26,27)(H,28,29). The summed E-state index contributed by atoms with van der Waals surface area (Å²) in [5.74, 6) is 0.778. The van der Waals surface area contributed by atoms with Gasteiger partial charge in [-0.15, -0.1) is 0 Å². The first kappa shape index (κ1) is 17.8. The van der Waals surface area contributed by atoms with Crippen LogP contribution in [0.2, 0.25) is 0 Å². The Kier molecular flexibility index (Phi) is 4.05. The number of hydrogen-bond donors (Lipinski definition) is 3. The molecule has 0 unspecified atom stereocenters. The molecule has 0 spiro atoms. The van der Waals surface area contributed by atoms with Crippen LogP contribution in [0.25, 0.3) is 44.7 Å². The van der Waals surface area contributed by atoms with Crippen molar-refractivity contribution in [2.24, 2.45) is 0 Å². The van der Waals surface area contributed by atoms with Gasteiger partial charge in [0.25, 0.3) is 0 Å². The summed E-state index contributed by atoms with van der Waals surface area (Å²) >= 11 is 0. The maximum Gasteiger partial charge on any atom is 0.159 e. The fourth-order valence-electron chi connectivity index (χ4n) is 4.22. The monoisotopic (exact) mass is 412 g/mol. The van der Waals surface area contributed by atoms with E-state index in [1.165, 1.54) is 25.5 Å². The van der Waals surface area contributed by atoms with Crippen molar-refractivity contribution in [2.75, 3.05) is 18.0 Å². The first-order valence-electron chi connectivity index (χ1n) is 10.3. The molecule has 5 aromatic rings. The highest BCUT2D eigenvalue weighted by Crippen LogP contribution is 2.32. The third-order valence-electron chi connectivity index (χ3n) is 5.76. The van der Waals surface area contributed by atoms with Crippen molar-refractivity contribution >= 4 is 27.6 Å². The molecule has 154 valence electrons. The number of aromatic nitrogens is 7. The molecular formula is C22H20N8O. The second-order valence-electron chi connectivity index (χ2n) is 7.81. The van der Waals surface area contributed by atoms with Crippen LogP contribution in [0.15, 0.2) is 43.1 Å². The first-order chi connectivity index (χ1) is 15.3. The summed E-state index contributed by atoms with van der Waals surface area (Å²) < 4.78 is 0. The minimum atomic E-state index is 0.0989. The van der Waals surface area contributed by atoms with Crippen LogP contribution >= 0.6 is 0 Å². The van der Waals surface area contributed by atoms with Gasteiger partial charge in [0, 0.05) is 30.2 Å². The fraction of sp³-hybridized carbons (Fsp3) is 0.227. The Balaban J connectivity index is 1.46. The van der Waals surface area contributed by atoms with Crippen LogP contribution in [0.4, 0.5) is 5.69 Å². The highest BCUT2D eigenvalue weighted by molar-refractivity contribution is 5.96. The maximum atomic E-state index is 9.76. The van der Waals surface area contributed by atoms with E-state index in [1.807, 2.05) is 12.3 Å². The van der Waals surface area contributed by atoms with Gasteiger partial charge in [-0.2, -0.15) is 5.10 Å². The average molecular weight is 412 g/mol. The van der Waals surface area contributed by atoms with Crippen molar-refractivity contribution in [1.82, 2.24) is 35.1 Å². The average Bonchev–Trinajstić information content (AvgIpc) is 3.43. The highest BCUT2D eigenvalue weighted by atomic mass is 16.3. The Morgan fingerprint density at radius 2 is 1.77 bits per heavy atom. The second-order valence-corrected chi connectivity index (χ2v) is 7.81. The van der Waals surface area contributed by atoms with Gasteiger partial charge in [-0.25, -0.2) is 4.98 Å². The summed E-state index contributed by atoms with van der Waals surface area (Å²) in [6.45, 7) is 2.06. The molecule has 0 saturated carbocycles. The number of anilines is 1. The Bertz CT molecular complexity index is 1400. The molecule has 1 aliphatic heterocycles. The lowest BCUT2D eigenvalue weighted by atomic mass is 10.1. The molecule has 1 saturated heterocycles. The van der Waals surface area contributed by atoms with E-state index in [4.69, 9.17) is 4.98 Å². The molecule has 0 atom stereocenters. The van der Waals surface area contributed by atoms with Crippen molar-refractivity contribution in [2.45, 2.75) is 19.3 Å². The zero-order valence-corrected chi connectivity index (χ0v) is 16.7. The minimum absolute atomic E-state index is 0.0989. The number of piperidine rings is 1. The van der Waals surface area contributed by atoms with Crippen LogP contribution in [-0.4, -0.2) is 53.3 Å². The van der Waals surface area contributed by atoms with Crippen molar-refractivity contribution in [3.05, 3.63) is 43.1 Å². The number of H-pyrrole nitrogens is 2. The number of aromatic hydroxyl groups is 1. The molecule has 9 heteroatoms. The van der Waals surface area contributed by atoms with E-state index in [9.17, 15) is 5.11 Å². The quantitative estimate of drug-likeness (QED) is 0.414. The number of hydrogen-bond acceptors (Lipinski definition) is 7. The summed E-state index contributed by atoms with van der Waals surface area (Å²) in [5.41, 5.74) is 5.82. The Hall–Kier alpha value is -4.01. The molecule has 0 bridgehead atoms. The number of aromatic amines is 2. The van der Waals surface area contributed by atoms with Crippen molar-refractivity contribution in [3.8, 4) is 28.5 Å².